The lowest BCUT2D eigenvalue weighted by Gasteiger charge is -1.92. The van der Waals surface area contributed by atoms with Gasteiger partial charge in [-0.05, 0) is 16.4 Å². The molecule has 7 heteroatoms. The predicted molar refractivity (Wildman–Crippen MR) is 44.0 cm³/mol. The fraction of sp³-hybridized carbons (Fsp3) is 0. The van der Waals surface area contributed by atoms with Gasteiger partial charge in [-0.3, -0.25) is 10.1 Å². The number of nitrogens with zero attached hydrogens (tertiary/aromatic N) is 3. The van der Waals surface area contributed by atoms with Gasteiger partial charge < -0.3 is 0 Å². The molecule has 1 rings (SSSR count). The van der Waals surface area contributed by atoms with Crippen LogP contribution in [0.1, 0.15) is 0 Å². The van der Waals surface area contributed by atoms with Gasteiger partial charge in [0.05, 0.1) is 4.92 Å². The van der Waals surface area contributed by atoms with E-state index >= 15 is 0 Å². The van der Waals surface area contributed by atoms with E-state index in [2.05, 4.69) is 10.4 Å². The molecule has 0 atom stereocenters. The van der Waals surface area contributed by atoms with E-state index < -0.39 is 4.92 Å². The monoisotopic (exact) mass is 181 g/mol. The zero-order chi connectivity index (χ0) is 9.84. The maximum absolute atomic E-state index is 10.3. The lowest BCUT2D eigenvalue weighted by atomic mass is 10.2. The minimum atomic E-state index is -0.733. The highest BCUT2D eigenvalue weighted by Crippen LogP contribution is 2.27. The molecule has 13 heavy (non-hydrogen) atoms. The Kier molecular flexibility index (Phi) is 2.38. The second kappa shape index (κ2) is 3.48. The second-order valence-corrected chi connectivity index (χ2v) is 2.15. The number of nitro benzene ring substituents is 1. The first kappa shape index (κ1) is 8.91. The summed E-state index contributed by atoms with van der Waals surface area (Å²) in [5.74, 6) is 0. The summed E-state index contributed by atoms with van der Waals surface area (Å²) in [4.78, 5) is 29.6. The summed E-state index contributed by atoms with van der Waals surface area (Å²) in [6.07, 6.45) is 0. The summed E-state index contributed by atoms with van der Waals surface area (Å²) in [7, 11) is 0. The Labute approximate surface area is 71.5 Å². The third kappa shape index (κ3) is 1.89. The highest BCUT2D eigenvalue weighted by molar-refractivity contribution is 5.58. The molecule has 0 spiro atoms. The standard InChI is InChI=1S/C6H3N3O4/c10-7-4-1-5(8-11)3-6(2-4)9(12)13/h1-3H. The molecule has 0 N–H and O–H groups in total. The van der Waals surface area contributed by atoms with E-state index in [1.54, 1.807) is 0 Å². The lowest BCUT2D eigenvalue weighted by molar-refractivity contribution is -0.384. The van der Waals surface area contributed by atoms with Crippen molar-refractivity contribution in [2.45, 2.75) is 0 Å². The molecule has 0 heterocycles. The summed E-state index contributed by atoms with van der Waals surface area (Å²) in [6.45, 7) is 0. The SMILES string of the molecule is O=Nc1cc(N=O)cc([N+](=O)[O-])c1. The van der Waals surface area contributed by atoms with Crippen LogP contribution in [-0.4, -0.2) is 4.92 Å². The van der Waals surface area contributed by atoms with Crippen LogP contribution in [0.25, 0.3) is 0 Å². The van der Waals surface area contributed by atoms with Crippen molar-refractivity contribution in [3.05, 3.63) is 38.1 Å². The largest absolute Gasteiger partial charge is 0.274 e. The molecule has 0 radical (unpaired) electrons. The topological polar surface area (TPSA) is 102 Å². The first-order valence-electron chi connectivity index (χ1n) is 3.13. The molecule has 0 fully saturated rings. The number of nitroso groups, excluding NO2 is 2. The Morgan fingerprint density at radius 2 is 1.54 bits per heavy atom. The highest BCUT2D eigenvalue weighted by atomic mass is 16.6. The van der Waals surface area contributed by atoms with E-state index in [9.17, 15) is 19.9 Å². The van der Waals surface area contributed by atoms with Crippen molar-refractivity contribution >= 4 is 17.1 Å². The van der Waals surface area contributed by atoms with Gasteiger partial charge in [-0.1, -0.05) is 0 Å². The Balaban J connectivity index is 3.30. The molecule has 1 aromatic rings. The van der Waals surface area contributed by atoms with Crippen LogP contribution in [0.2, 0.25) is 0 Å². The maximum Gasteiger partial charge on any atom is 0.274 e. The highest BCUT2D eigenvalue weighted by Gasteiger charge is 2.10. The van der Waals surface area contributed by atoms with Crippen LogP contribution in [0.15, 0.2) is 28.6 Å². The molecule has 7 nitrogen and oxygen atoms in total. The number of rotatable bonds is 3. The summed E-state index contributed by atoms with van der Waals surface area (Å²) >= 11 is 0. The van der Waals surface area contributed by atoms with Crippen LogP contribution in [0.3, 0.4) is 0 Å². The molecular formula is C6H3N3O4. The van der Waals surface area contributed by atoms with Crippen molar-refractivity contribution in [1.29, 1.82) is 0 Å². The van der Waals surface area contributed by atoms with E-state index in [0.717, 1.165) is 18.2 Å². The number of non-ortho nitro benzene ring substituents is 1. The molecule has 0 amide bonds. The van der Waals surface area contributed by atoms with Gasteiger partial charge in [0, 0.05) is 12.1 Å². The Morgan fingerprint density at radius 3 is 1.85 bits per heavy atom. The van der Waals surface area contributed by atoms with Gasteiger partial charge in [0.25, 0.3) is 5.69 Å². The Morgan fingerprint density at radius 1 is 1.08 bits per heavy atom. The number of hydrogen-bond acceptors (Lipinski definition) is 6. The Bertz CT molecular complexity index is 350. The Hall–Kier alpha value is -2.18. The molecule has 66 valence electrons. The molecule has 0 saturated heterocycles. The van der Waals surface area contributed by atoms with Gasteiger partial charge in [-0.25, -0.2) is 0 Å². The van der Waals surface area contributed by atoms with Crippen LogP contribution >= 0.6 is 0 Å². The minimum absolute atomic E-state index is 0.191. The number of benzene rings is 1. The first-order chi connectivity index (χ1) is 6.17. The fourth-order valence-electron chi connectivity index (χ4n) is 0.790. The van der Waals surface area contributed by atoms with Crippen molar-refractivity contribution in [3.63, 3.8) is 0 Å². The van der Waals surface area contributed by atoms with Gasteiger partial charge in [0.2, 0.25) is 0 Å². The summed E-state index contributed by atoms with van der Waals surface area (Å²) in [5, 5.41) is 15.2. The van der Waals surface area contributed by atoms with Crippen molar-refractivity contribution in [1.82, 2.24) is 0 Å². The molecular weight excluding hydrogens is 178 g/mol. The van der Waals surface area contributed by atoms with Crippen LogP contribution in [0.5, 0.6) is 0 Å². The van der Waals surface area contributed by atoms with Crippen LogP contribution < -0.4 is 0 Å². The molecule has 0 unspecified atom stereocenters. The zero-order valence-corrected chi connectivity index (χ0v) is 6.21. The van der Waals surface area contributed by atoms with Gasteiger partial charge in [0.1, 0.15) is 11.4 Å². The van der Waals surface area contributed by atoms with E-state index in [1.165, 1.54) is 0 Å². The molecule has 0 aliphatic rings. The van der Waals surface area contributed by atoms with E-state index in [4.69, 9.17) is 0 Å². The molecule has 1 aromatic carbocycles. The molecule has 0 saturated carbocycles. The van der Waals surface area contributed by atoms with Crippen molar-refractivity contribution in [2.75, 3.05) is 0 Å². The van der Waals surface area contributed by atoms with Gasteiger partial charge in [-0.15, -0.1) is 9.81 Å². The number of nitro groups is 1. The van der Waals surface area contributed by atoms with Crippen molar-refractivity contribution < 1.29 is 4.92 Å². The molecule has 0 aliphatic heterocycles. The third-order valence-electron chi connectivity index (χ3n) is 1.31. The average molecular weight is 181 g/mol. The molecule has 0 aliphatic carbocycles. The fourth-order valence-corrected chi connectivity index (χ4v) is 0.790. The maximum atomic E-state index is 10.3. The zero-order valence-electron chi connectivity index (χ0n) is 6.21. The smallest absolute Gasteiger partial charge is 0.258 e. The predicted octanol–water partition coefficient (Wildman–Crippen LogP) is 2.39. The molecule has 0 bridgehead atoms. The minimum Gasteiger partial charge on any atom is -0.258 e. The lowest BCUT2D eigenvalue weighted by Crippen LogP contribution is -1.86. The normalized spacial score (nSPS) is 9.23. The van der Waals surface area contributed by atoms with Crippen molar-refractivity contribution in [2.24, 2.45) is 10.4 Å². The summed E-state index contributed by atoms with van der Waals surface area (Å²) in [5.41, 5.74) is -0.765. The van der Waals surface area contributed by atoms with Crippen LogP contribution in [0, 0.1) is 19.9 Å². The second-order valence-electron chi connectivity index (χ2n) is 2.15. The summed E-state index contributed by atoms with van der Waals surface area (Å²) < 4.78 is 0. The van der Waals surface area contributed by atoms with E-state index in [1.807, 2.05) is 0 Å². The quantitative estimate of drug-likeness (QED) is 0.405. The van der Waals surface area contributed by atoms with Crippen molar-refractivity contribution in [3.8, 4) is 0 Å². The van der Waals surface area contributed by atoms with E-state index in [-0.39, 0.29) is 17.1 Å². The van der Waals surface area contributed by atoms with Gasteiger partial charge in [-0.2, -0.15) is 0 Å². The third-order valence-corrected chi connectivity index (χ3v) is 1.31. The molecule has 0 aromatic heterocycles. The van der Waals surface area contributed by atoms with E-state index in [0.29, 0.717) is 0 Å². The first-order valence-corrected chi connectivity index (χ1v) is 3.13. The van der Waals surface area contributed by atoms with Gasteiger partial charge in [0.15, 0.2) is 0 Å². The number of hydrogen-bond donors (Lipinski definition) is 0. The van der Waals surface area contributed by atoms with Gasteiger partial charge >= 0.3 is 0 Å². The van der Waals surface area contributed by atoms with Crippen LogP contribution in [-0.2, 0) is 0 Å². The summed E-state index contributed by atoms with van der Waals surface area (Å²) in [6, 6.07) is 2.98. The average Bonchev–Trinajstić information content (AvgIpc) is 2.16. The van der Waals surface area contributed by atoms with Crippen LogP contribution in [0.4, 0.5) is 17.1 Å².